The van der Waals surface area contributed by atoms with Crippen LogP contribution in [-0.4, -0.2) is 6.54 Å². The normalized spacial score (nSPS) is 21.3. The largest absolute Gasteiger partial charge is 0.385 e. The van der Waals surface area contributed by atoms with Gasteiger partial charge in [-0.25, -0.2) is 0 Å². The summed E-state index contributed by atoms with van der Waals surface area (Å²) in [6, 6.07) is 6.34. The maximum absolute atomic E-state index is 3.58. The topological polar surface area (TPSA) is 12.0 Å². The molecule has 0 aromatic heterocycles. The minimum absolute atomic E-state index is 0.678. The summed E-state index contributed by atoms with van der Waals surface area (Å²) in [5.41, 5.74) is 2.73. The van der Waals surface area contributed by atoms with Crippen molar-refractivity contribution >= 4 is 21.6 Å². The maximum atomic E-state index is 3.58. The van der Waals surface area contributed by atoms with E-state index in [0.717, 1.165) is 6.54 Å². The molecular weight excluding hydrogens is 214 g/mol. The van der Waals surface area contributed by atoms with E-state index in [-0.39, 0.29) is 0 Å². The van der Waals surface area contributed by atoms with Crippen molar-refractivity contribution in [2.24, 2.45) is 0 Å². The average Bonchev–Trinajstić information content (AvgIpc) is 2.04. The molecule has 0 radical (unpaired) electrons. The van der Waals surface area contributed by atoms with Gasteiger partial charge in [-0.15, -0.1) is 0 Å². The molecule has 1 N–H and O–H groups in total. The standard InChI is InChI=1S/C10H12BrN/c1-7-5-6-12-9-4-2-3-8(11)10(7)9/h2-4,7,12H,5-6H2,1H3. The van der Waals surface area contributed by atoms with E-state index >= 15 is 0 Å². The summed E-state index contributed by atoms with van der Waals surface area (Å²) in [4.78, 5) is 0. The van der Waals surface area contributed by atoms with Gasteiger partial charge in [-0.1, -0.05) is 28.9 Å². The summed E-state index contributed by atoms with van der Waals surface area (Å²) >= 11 is 3.58. The number of nitrogens with one attached hydrogen (secondary N) is 1. The number of halogens is 1. The lowest BCUT2D eigenvalue weighted by molar-refractivity contribution is 0.681. The first-order valence-corrected chi connectivity index (χ1v) is 5.10. The summed E-state index contributed by atoms with van der Waals surface area (Å²) in [6.07, 6.45) is 1.23. The van der Waals surface area contributed by atoms with Crippen LogP contribution in [0.1, 0.15) is 24.8 Å². The van der Waals surface area contributed by atoms with Gasteiger partial charge in [0.2, 0.25) is 0 Å². The van der Waals surface area contributed by atoms with Gasteiger partial charge >= 0.3 is 0 Å². The van der Waals surface area contributed by atoms with Crippen LogP contribution >= 0.6 is 15.9 Å². The molecule has 1 nitrogen and oxygen atoms in total. The molecule has 0 saturated heterocycles. The number of benzene rings is 1. The molecule has 1 atom stereocenters. The highest BCUT2D eigenvalue weighted by atomic mass is 79.9. The van der Waals surface area contributed by atoms with E-state index in [2.05, 4.69) is 46.4 Å². The van der Waals surface area contributed by atoms with E-state index in [0.29, 0.717) is 5.92 Å². The average molecular weight is 226 g/mol. The third-order valence-electron chi connectivity index (χ3n) is 2.44. The van der Waals surface area contributed by atoms with Crippen molar-refractivity contribution < 1.29 is 0 Å². The van der Waals surface area contributed by atoms with E-state index in [1.165, 1.54) is 22.1 Å². The minimum Gasteiger partial charge on any atom is -0.385 e. The van der Waals surface area contributed by atoms with Crippen molar-refractivity contribution in [3.63, 3.8) is 0 Å². The molecule has 12 heavy (non-hydrogen) atoms. The second-order valence-electron chi connectivity index (χ2n) is 3.32. The van der Waals surface area contributed by atoms with Gasteiger partial charge in [0.25, 0.3) is 0 Å². The van der Waals surface area contributed by atoms with Gasteiger partial charge in [-0.3, -0.25) is 0 Å². The number of rotatable bonds is 0. The highest BCUT2D eigenvalue weighted by Crippen LogP contribution is 2.36. The first kappa shape index (κ1) is 8.11. The van der Waals surface area contributed by atoms with Gasteiger partial charge < -0.3 is 5.32 Å². The van der Waals surface area contributed by atoms with E-state index in [9.17, 15) is 0 Å². The number of hydrogen-bond acceptors (Lipinski definition) is 1. The Labute approximate surface area is 81.3 Å². The Kier molecular flexibility index (Phi) is 2.09. The number of fused-ring (bicyclic) bond motifs is 1. The third kappa shape index (κ3) is 1.24. The predicted octanol–water partition coefficient (Wildman–Crippen LogP) is 3.37. The van der Waals surface area contributed by atoms with Crippen LogP contribution in [0.15, 0.2) is 22.7 Å². The molecular formula is C10H12BrN. The van der Waals surface area contributed by atoms with Crippen LogP contribution in [0.5, 0.6) is 0 Å². The zero-order chi connectivity index (χ0) is 8.55. The number of hydrogen-bond donors (Lipinski definition) is 1. The zero-order valence-corrected chi connectivity index (χ0v) is 8.69. The smallest absolute Gasteiger partial charge is 0.0386 e. The summed E-state index contributed by atoms with van der Waals surface area (Å²) in [6.45, 7) is 3.38. The van der Waals surface area contributed by atoms with Crippen LogP contribution in [0.2, 0.25) is 0 Å². The van der Waals surface area contributed by atoms with Gasteiger partial charge in [-0.05, 0) is 30.0 Å². The summed E-state index contributed by atoms with van der Waals surface area (Å²) in [7, 11) is 0. The van der Waals surface area contributed by atoms with Crippen molar-refractivity contribution in [3.8, 4) is 0 Å². The van der Waals surface area contributed by atoms with Gasteiger partial charge in [0.1, 0.15) is 0 Å². The summed E-state index contributed by atoms with van der Waals surface area (Å²) < 4.78 is 1.24. The highest BCUT2D eigenvalue weighted by Gasteiger charge is 2.17. The maximum Gasteiger partial charge on any atom is 0.0386 e. The van der Waals surface area contributed by atoms with Crippen LogP contribution in [0.3, 0.4) is 0 Å². The molecule has 64 valence electrons. The molecule has 0 bridgehead atoms. The predicted molar refractivity (Wildman–Crippen MR) is 55.7 cm³/mol. The van der Waals surface area contributed by atoms with Crippen molar-refractivity contribution in [1.82, 2.24) is 0 Å². The SMILES string of the molecule is CC1CCNc2cccc(Br)c21. The van der Waals surface area contributed by atoms with Crippen LogP contribution in [0.4, 0.5) is 5.69 Å². The molecule has 0 fully saturated rings. The third-order valence-corrected chi connectivity index (χ3v) is 3.13. The lowest BCUT2D eigenvalue weighted by Gasteiger charge is -2.24. The molecule has 0 saturated carbocycles. The Bertz CT molecular complexity index is 296. The van der Waals surface area contributed by atoms with E-state index in [1.807, 2.05) is 0 Å². The summed E-state index contributed by atoms with van der Waals surface area (Å²) in [5, 5.41) is 3.40. The van der Waals surface area contributed by atoms with Crippen molar-refractivity contribution in [2.45, 2.75) is 19.3 Å². The molecule has 1 aromatic rings. The molecule has 1 aliphatic heterocycles. The molecule has 0 amide bonds. The Morgan fingerprint density at radius 3 is 3.08 bits per heavy atom. The monoisotopic (exact) mass is 225 g/mol. The molecule has 1 unspecified atom stereocenters. The zero-order valence-electron chi connectivity index (χ0n) is 7.10. The molecule has 1 heterocycles. The van der Waals surface area contributed by atoms with E-state index in [1.54, 1.807) is 0 Å². The van der Waals surface area contributed by atoms with Crippen LogP contribution in [0, 0.1) is 0 Å². The lowest BCUT2D eigenvalue weighted by atomic mass is 9.93. The fourth-order valence-corrected chi connectivity index (χ4v) is 2.52. The first-order chi connectivity index (χ1) is 5.79. The Balaban J connectivity index is 2.53. The molecule has 1 aliphatic rings. The fourth-order valence-electron chi connectivity index (χ4n) is 1.76. The number of anilines is 1. The molecule has 2 rings (SSSR count). The highest BCUT2D eigenvalue weighted by molar-refractivity contribution is 9.10. The Morgan fingerprint density at radius 1 is 1.50 bits per heavy atom. The van der Waals surface area contributed by atoms with Crippen LogP contribution < -0.4 is 5.32 Å². The Morgan fingerprint density at radius 2 is 2.33 bits per heavy atom. The van der Waals surface area contributed by atoms with E-state index in [4.69, 9.17) is 0 Å². The van der Waals surface area contributed by atoms with Gasteiger partial charge in [0.15, 0.2) is 0 Å². The second kappa shape index (κ2) is 3.09. The van der Waals surface area contributed by atoms with Crippen LogP contribution in [-0.2, 0) is 0 Å². The molecule has 2 heteroatoms. The molecule has 0 aliphatic carbocycles. The first-order valence-electron chi connectivity index (χ1n) is 4.31. The van der Waals surface area contributed by atoms with Crippen molar-refractivity contribution in [2.75, 3.05) is 11.9 Å². The van der Waals surface area contributed by atoms with E-state index < -0.39 is 0 Å². The van der Waals surface area contributed by atoms with Gasteiger partial charge in [0.05, 0.1) is 0 Å². The minimum atomic E-state index is 0.678. The van der Waals surface area contributed by atoms with Gasteiger partial charge in [0, 0.05) is 16.7 Å². The van der Waals surface area contributed by atoms with Gasteiger partial charge in [-0.2, -0.15) is 0 Å². The fraction of sp³-hybridized carbons (Fsp3) is 0.400. The van der Waals surface area contributed by atoms with Crippen LogP contribution in [0.25, 0.3) is 0 Å². The second-order valence-corrected chi connectivity index (χ2v) is 4.17. The quantitative estimate of drug-likeness (QED) is 0.715. The molecule has 0 spiro atoms. The van der Waals surface area contributed by atoms with Crippen molar-refractivity contribution in [3.05, 3.63) is 28.2 Å². The summed E-state index contributed by atoms with van der Waals surface area (Å²) in [5.74, 6) is 0.678. The lowest BCUT2D eigenvalue weighted by Crippen LogP contribution is -2.15. The molecule has 1 aromatic carbocycles. The van der Waals surface area contributed by atoms with Crippen molar-refractivity contribution in [1.29, 1.82) is 0 Å². The Hall–Kier alpha value is -0.500.